The Kier molecular flexibility index (Phi) is 3.58. The first-order valence-electron chi connectivity index (χ1n) is 5.58. The largest absolute Gasteiger partial charge is 1.00 e. The lowest BCUT2D eigenvalue weighted by atomic mass is 10.1. The summed E-state index contributed by atoms with van der Waals surface area (Å²) in [7, 11) is 0. The van der Waals surface area contributed by atoms with Gasteiger partial charge >= 0.3 is 11.3 Å². The van der Waals surface area contributed by atoms with Crippen LogP contribution in [0.2, 0.25) is 0 Å². The zero-order valence-electron chi connectivity index (χ0n) is 9.88. The monoisotopic (exact) mass is 274 g/mol. The molecule has 0 atom stereocenters. The van der Waals surface area contributed by atoms with Gasteiger partial charge in [-0.1, -0.05) is 18.2 Å². The number of aromatic hydroxyl groups is 2. The smallest absolute Gasteiger partial charge is 0.401 e. The molecular formula is C15H11ClO3. The van der Waals surface area contributed by atoms with Crippen LogP contribution >= 0.6 is 0 Å². The number of hydrogen-bond donors (Lipinski definition) is 2. The van der Waals surface area contributed by atoms with Crippen molar-refractivity contribution in [2.24, 2.45) is 0 Å². The summed E-state index contributed by atoms with van der Waals surface area (Å²) in [6.45, 7) is 0. The van der Waals surface area contributed by atoms with Crippen molar-refractivity contribution in [2.45, 2.75) is 0 Å². The van der Waals surface area contributed by atoms with E-state index < -0.39 is 0 Å². The Bertz CT molecular complexity index is 711. The van der Waals surface area contributed by atoms with E-state index in [0.717, 1.165) is 10.9 Å². The molecule has 1 aromatic heterocycles. The predicted molar refractivity (Wildman–Crippen MR) is 69.4 cm³/mol. The van der Waals surface area contributed by atoms with E-state index in [9.17, 15) is 10.2 Å². The molecule has 2 N–H and O–H groups in total. The minimum atomic E-state index is 0. The highest BCUT2D eigenvalue weighted by molar-refractivity contribution is 5.82. The Labute approximate surface area is 116 Å². The summed E-state index contributed by atoms with van der Waals surface area (Å²) in [5, 5.41) is 20.2. The lowest BCUT2D eigenvalue weighted by Gasteiger charge is -1.96. The fraction of sp³-hybridized carbons (Fsp3) is 0. The third kappa shape index (κ3) is 2.46. The van der Waals surface area contributed by atoms with Crippen molar-refractivity contribution >= 4 is 11.0 Å². The van der Waals surface area contributed by atoms with Gasteiger partial charge in [-0.05, 0) is 24.3 Å². The van der Waals surface area contributed by atoms with Gasteiger partial charge in [0.1, 0.15) is 5.75 Å². The van der Waals surface area contributed by atoms with Crippen molar-refractivity contribution in [3.63, 3.8) is 0 Å². The topological polar surface area (TPSA) is 51.8 Å². The highest BCUT2D eigenvalue weighted by Crippen LogP contribution is 2.34. The first-order chi connectivity index (χ1) is 8.74. The second kappa shape index (κ2) is 5.16. The molecule has 0 bridgehead atoms. The lowest BCUT2D eigenvalue weighted by Crippen LogP contribution is -3.00. The van der Waals surface area contributed by atoms with Crippen molar-refractivity contribution in [1.82, 2.24) is 0 Å². The molecule has 4 heteroatoms. The molecule has 0 fully saturated rings. The number of fused-ring (bicyclic) bond motifs is 1. The van der Waals surface area contributed by atoms with Crippen LogP contribution < -0.4 is 12.4 Å². The molecule has 1 heterocycles. The molecule has 0 saturated heterocycles. The number of halogens is 1. The minimum absolute atomic E-state index is 0. The van der Waals surface area contributed by atoms with Gasteiger partial charge in [-0.2, -0.15) is 0 Å². The molecule has 2 aromatic carbocycles. The van der Waals surface area contributed by atoms with E-state index in [-0.39, 0.29) is 23.9 Å². The SMILES string of the molecule is Oc1ccc2cc(O)c(-c3ccccc3)[o+]c2c1.[Cl-]. The molecule has 0 spiro atoms. The molecule has 96 valence electrons. The first kappa shape index (κ1) is 13.2. The van der Waals surface area contributed by atoms with E-state index in [0.29, 0.717) is 11.3 Å². The minimum Gasteiger partial charge on any atom is -1.00 e. The average Bonchev–Trinajstić information content (AvgIpc) is 2.39. The van der Waals surface area contributed by atoms with E-state index in [1.165, 1.54) is 6.07 Å². The van der Waals surface area contributed by atoms with E-state index >= 15 is 0 Å². The van der Waals surface area contributed by atoms with Crippen LogP contribution in [0.15, 0.2) is 59.0 Å². The highest BCUT2D eigenvalue weighted by atomic mass is 35.5. The van der Waals surface area contributed by atoms with Crippen molar-refractivity contribution in [1.29, 1.82) is 0 Å². The van der Waals surface area contributed by atoms with Crippen LogP contribution in [0.3, 0.4) is 0 Å². The number of phenolic OH excluding ortho intramolecular Hbond substituents is 1. The molecule has 0 aliphatic rings. The highest BCUT2D eigenvalue weighted by Gasteiger charge is 2.21. The van der Waals surface area contributed by atoms with Crippen LogP contribution in [0, 0.1) is 0 Å². The Morgan fingerprint density at radius 3 is 2.32 bits per heavy atom. The van der Waals surface area contributed by atoms with Crippen LogP contribution in [-0.2, 0) is 0 Å². The van der Waals surface area contributed by atoms with Crippen molar-refractivity contribution in [3.8, 4) is 22.8 Å². The van der Waals surface area contributed by atoms with Crippen molar-refractivity contribution < 1.29 is 27.0 Å². The van der Waals surface area contributed by atoms with E-state index in [1.54, 1.807) is 18.2 Å². The molecule has 0 saturated carbocycles. The van der Waals surface area contributed by atoms with E-state index in [1.807, 2.05) is 30.3 Å². The van der Waals surface area contributed by atoms with Gasteiger partial charge in [-0.25, -0.2) is 4.42 Å². The quantitative estimate of drug-likeness (QED) is 0.646. The molecule has 0 aliphatic heterocycles. The Hall–Kier alpha value is -2.26. The molecular weight excluding hydrogens is 264 g/mol. The van der Waals surface area contributed by atoms with Gasteiger partial charge < -0.3 is 22.6 Å². The van der Waals surface area contributed by atoms with Gasteiger partial charge in [0.05, 0.1) is 17.0 Å². The summed E-state index contributed by atoms with van der Waals surface area (Å²) in [4.78, 5) is 0. The fourth-order valence-corrected chi connectivity index (χ4v) is 1.90. The maximum absolute atomic E-state index is 9.98. The standard InChI is InChI=1S/C15H10O3.ClH/c16-12-7-6-11-8-13(17)15(18-14(11)9-12)10-4-2-1-3-5-10;/h1-9H,(H-,16,17);1H. The van der Waals surface area contributed by atoms with Crippen LogP contribution in [0.1, 0.15) is 0 Å². The Morgan fingerprint density at radius 2 is 1.58 bits per heavy atom. The summed E-state index contributed by atoms with van der Waals surface area (Å²) in [5.74, 6) is 0.615. The summed E-state index contributed by atoms with van der Waals surface area (Å²) in [5.41, 5.74) is 1.33. The maximum atomic E-state index is 9.98. The van der Waals surface area contributed by atoms with Crippen molar-refractivity contribution in [3.05, 3.63) is 54.6 Å². The van der Waals surface area contributed by atoms with Gasteiger partial charge in [0.25, 0.3) is 0 Å². The number of hydrogen-bond acceptors (Lipinski definition) is 2. The second-order valence-electron chi connectivity index (χ2n) is 4.05. The lowest BCUT2D eigenvalue weighted by molar-refractivity contribution is -0.00000596. The average molecular weight is 275 g/mol. The Balaban J connectivity index is 0.00000133. The molecule has 0 aliphatic carbocycles. The fourth-order valence-electron chi connectivity index (χ4n) is 1.90. The summed E-state index contributed by atoms with van der Waals surface area (Å²) in [6.07, 6.45) is 0. The van der Waals surface area contributed by atoms with Gasteiger partial charge in [-0.15, -0.1) is 0 Å². The number of phenols is 1. The van der Waals surface area contributed by atoms with Crippen LogP contribution in [0.5, 0.6) is 11.5 Å². The van der Waals surface area contributed by atoms with E-state index in [4.69, 9.17) is 4.42 Å². The van der Waals surface area contributed by atoms with Crippen molar-refractivity contribution in [2.75, 3.05) is 0 Å². The Morgan fingerprint density at radius 1 is 0.842 bits per heavy atom. The molecule has 0 radical (unpaired) electrons. The normalized spacial score (nSPS) is 10.1. The van der Waals surface area contributed by atoms with Gasteiger partial charge in [-0.3, -0.25) is 0 Å². The van der Waals surface area contributed by atoms with E-state index in [2.05, 4.69) is 0 Å². The third-order valence-corrected chi connectivity index (χ3v) is 2.77. The summed E-state index contributed by atoms with van der Waals surface area (Å²) in [6, 6.07) is 15.8. The second-order valence-corrected chi connectivity index (χ2v) is 4.05. The molecule has 19 heavy (non-hydrogen) atoms. The van der Waals surface area contributed by atoms with Gasteiger partial charge in [0, 0.05) is 6.07 Å². The number of rotatable bonds is 1. The number of benzene rings is 2. The van der Waals surface area contributed by atoms with Crippen LogP contribution in [-0.4, -0.2) is 10.2 Å². The molecule has 0 amide bonds. The zero-order valence-corrected chi connectivity index (χ0v) is 10.6. The summed E-state index contributed by atoms with van der Waals surface area (Å²) >= 11 is 0. The van der Waals surface area contributed by atoms with Gasteiger partial charge in [0.15, 0.2) is 0 Å². The zero-order chi connectivity index (χ0) is 12.5. The maximum Gasteiger partial charge on any atom is 0.401 e. The van der Waals surface area contributed by atoms with Crippen LogP contribution in [0.4, 0.5) is 0 Å². The third-order valence-electron chi connectivity index (χ3n) is 2.77. The van der Waals surface area contributed by atoms with Crippen LogP contribution in [0.25, 0.3) is 22.3 Å². The molecule has 3 aromatic rings. The molecule has 0 unspecified atom stereocenters. The predicted octanol–water partition coefficient (Wildman–Crippen LogP) is 0.796. The first-order valence-corrected chi connectivity index (χ1v) is 5.58. The van der Waals surface area contributed by atoms with Gasteiger partial charge in [0.2, 0.25) is 5.75 Å². The molecule has 3 rings (SSSR count). The molecule has 3 nitrogen and oxygen atoms in total. The summed E-state index contributed by atoms with van der Waals surface area (Å²) < 4.78 is 5.65.